The predicted octanol–water partition coefficient (Wildman–Crippen LogP) is 3.21. The normalized spacial score (nSPS) is 10.1. The number of hydrogen-bond donors (Lipinski definition) is 2. The Morgan fingerprint density at radius 1 is 0.661 bits per heavy atom. The average Bonchev–Trinajstić information content (AvgIpc) is 3.18. The number of carbonyl (C=O) groups excluding carboxylic acids is 5. The summed E-state index contributed by atoms with van der Waals surface area (Å²) < 4.78 is 24.7. The van der Waals surface area contributed by atoms with Crippen LogP contribution in [0.4, 0.5) is 0 Å². The van der Waals surface area contributed by atoms with Crippen LogP contribution in [-0.2, 0) is 23.7 Å². The number of nitrogens with two attached hydrogens (primary N) is 1. The van der Waals surface area contributed by atoms with Gasteiger partial charge in [-0.15, -0.1) is 0 Å². The first kappa shape index (κ1) is 49.8. The summed E-state index contributed by atoms with van der Waals surface area (Å²) >= 11 is 0. The van der Waals surface area contributed by atoms with Crippen molar-refractivity contribution >= 4 is 42.0 Å². The lowest BCUT2D eigenvalue weighted by Gasteiger charge is -2.22. The van der Waals surface area contributed by atoms with E-state index < -0.39 is 35.7 Å². The molecule has 0 radical (unpaired) electrons. The number of amides is 2. The fourth-order valence-corrected chi connectivity index (χ4v) is 3.53. The highest BCUT2D eigenvalue weighted by molar-refractivity contribution is 6.00. The lowest BCUT2D eigenvalue weighted by atomic mass is 10.2. The lowest BCUT2D eigenvalue weighted by molar-refractivity contribution is -0.206. The number of aromatic nitrogens is 3. The first-order valence-corrected chi connectivity index (χ1v) is 17.1. The molecule has 0 aliphatic heterocycles. The molecule has 0 saturated carbocycles. The number of carboxylic acids is 1. The molecule has 56 heavy (non-hydrogen) atoms. The van der Waals surface area contributed by atoms with E-state index in [9.17, 15) is 28.8 Å². The first-order valence-electron chi connectivity index (χ1n) is 17.1. The highest BCUT2D eigenvalue weighted by Gasteiger charge is 2.13. The van der Waals surface area contributed by atoms with Crippen LogP contribution >= 0.6 is 0 Å². The van der Waals surface area contributed by atoms with Crippen LogP contribution in [0.2, 0.25) is 0 Å². The number of aliphatic imine (C=N–C) groups is 1. The van der Waals surface area contributed by atoms with Gasteiger partial charge in [0.1, 0.15) is 17.1 Å². The van der Waals surface area contributed by atoms with E-state index in [1.54, 1.807) is 39.8 Å². The Hall–Kier alpha value is -6.18. The zero-order chi connectivity index (χ0) is 42.6. The SMILES string of the molecule is CCOC(=O)c1cc(C(=O)N=CN(C)C)ccn1.CCOC(=O)c1cc(C(=O)O)ccn1.CCOC(=O)c1cc(C(N)=O)ccn1.CCOC(OCC)N(C)C. The third kappa shape index (κ3) is 20.3. The van der Waals surface area contributed by atoms with Crippen LogP contribution in [0.15, 0.2) is 60.0 Å². The third-order valence-electron chi connectivity index (χ3n) is 5.96. The Morgan fingerprint density at radius 2 is 1.04 bits per heavy atom. The van der Waals surface area contributed by atoms with Gasteiger partial charge in [-0.25, -0.2) is 34.1 Å². The summed E-state index contributed by atoms with van der Waals surface area (Å²) in [4.78, 5) is 85.3. The van der Waals surface area contributed by atoms with Crippen LogP contribution in [-0.4, -0.2) is 140 Å². The minimum absolute atomic E-state index is 0.00625. The summed E-state index contributed by atoms with van der Waals surface area (Å²) in [5.74, 6) is -3.86. The number of primary amides is 1. The fraction of sp³-hybridized carbons (Fsp3) is 0.405. The molecule has 0 aliphatic carbocycles. The molecule has 0 bridgehead atoms. The average molecular weight is 786 g/mol. The molecular weight excluding hydrogens is 734 g/mol. The van der Waals surface area contributed by atoms with Crippen LogP contribution in [0.3, 0.4) is 0 Å². The Morgan fingerprint density at radius 3 is 1.38 bits per heavy atom. The highest BCUT2D eigenvalue weighted by Crippen LogP contribution is 2.06. The number of aromatic carboxylic acids is 1. The fourth-order valence-electron chi connectivity index (χ4n) is 3.53. The standard InChI is InChI=1S/C12H15N3O3.C9H10N2O3.C9H9NO4.C7H17NO2/c1-4-18-12(17)10-7-9(5-6-13-10)11(16)14-8-15(2)3;1-2-14-9(13)7-5-6(8(10)12)3-4-11-7;1-2-14-9(13)7-5-6(8(11)12)3-4-10-7;1-5-9-7(8(3)4)10-6-2/h5-8H,4H2,1-3H3;3-5H,2H2,1H3,(H2,10,12);3-5H,2H2,1H3,(H,11,12);7H,5-6H2,1-4H3. The Bertz CT molecular complexity index is 1660. The van der Waals surface area contributed by atoms with E-state index in [0.29, 0.717) is 18.8 Å². The second kappa shape index (κ2) is 28.3. The van der Waals surface area contributed by atoms with E-state index in [2.05, 4.69) is 24.7 Å². The Labute approximate surface area is 325 Å². The molecule has 306 valence electrons. The number of rotatable bonds is 15. The smallest absolute Gasteiger partial charge is 0.356 e. The molecule has 0 atom stereocenters. The maximum absolute atomic E-state index is 11.7. The number of ether oxygens (including phenoxy) is 5. The lowest BCUT2D eigenvalue weighted by Crippen LogP contribution is -2.33. The van der Waals surface area contributed by atoms with Crippen LogP contribution in [0, 0.1) is 0 Å². The maximum Gasteiger partial charge on any atom is 0.356 e. The van der Waals surface area contributed by atoms with Crippen molar-refractivity contribution < 1.29 is 57.6 Å². The van der Waals surface area contributed by atoms with Crippen LogP contribution < -0.4 is 5.73 Å². The first-order chi connectivity index (χ1) is 26.6. The Kier molecular flexibility index (Phi) is 25.2. The summed E-state index contributed by atoms with van der Waals surface area (Å²) in [6.07, 6.45) is 5.19. The van der Waals surface area contributed by atoms with Crippen molar-refractivity contribution in [2.45, 2.75) is 41.0 Å². The molecule has 0 spiro atoms. The molecule has 19 heteroatoms. The molecule has 3 aromatic rings. The van der Waals surface area contributed by atoms with Gasteiger partial charge in [0.15, 0.2) is 0 Å². The van der Waals surface area contributed by atoms with E-state index in [1.807, 2.05) is 32.8 Å². The number of pyridine rings is 3. The van der Waals surface area contributed by atoms with E-state index in [4.69, 9.17) is 29.8 Å². The molecule has 3 heterocycles. The number of nitrogens with zero attached hydrogens (tertiary/aromatic N) is 6. The zero-order valence-electron chi connectivity index (χ0n) is 33.1. The van der Waals surface area contributed by atoms with Gasteiger partial charge >= 0.3 is 23.9 Å². The summed E-state index contributed by atoms with van der Waals surface area (Å²) in [6, 6.07) is 8.10. The molecule has 0 aliphatic rings. The number of carbonyl (C=O) groups is 6. The quantitative estimate of drug-likeness (QED) is 0.0737. The minimum atomic E-state index is -1.10. The number of hydrogen-bond acceptors (Lipinski definition) is 15. The summed E-state index contributed by atoms with van der Waals surface area (Å²) in [5.41, 5.74) is 5.78. The van der Waals surface area contributed by atoms with Gasteiger partial charge in [-0.05, 0) is 85.1 Å². The third-order valence-corrected chi connectivity index (χ3v) is 5.96. The van der Waals surface area contributed by atoms with E-state index >= 15 is 0 Å². The van der Waals surface area contributed by atoms with Gasteiger partial charge in [-0.1, -0.05) is 0 Å². The van der Waals surface area contributed by atoms with Crippen molar-refractivity contribution in [3.05, 3.63) is 88.8 Å². The van der Waals surface area contributed by atoms with E-state index in [-0.39, 0.29) is 54.4 Å². The second-order valence-electron chi connectivity index (χ2n) is 10.8. The minimum Gasteiger partial charge on any atom is -0.478 e. The highest BCUT2D eigenvalue weighted by atomic mass is 16.7. The van der Waals surface area contributed by atoms with Gasteiger partial charge in [0.25, 0.3) is 5.91 Å². The Balaban J connectivity index is 0.000000735. The molecule has 0 unspecified atom stereocenters. The van der Waals surface area contributed by atoms with Crippen LogP contribution in [0.5, 0.6) is 0 Å². The van der Waals surface area contributed by atoms with Gasteiger partial charge in [0.2, 0.25) is 12.3 Å². The molecule has 3 N–H and O–H groups in total. The van der Waals surface area contributed by atoms with E-state index in [0.717, 1.165) is 0 Å². The van der Waals surface area contributed by atoms with Crippen LogP contribution in [0.25, 0.3) is 0 Å². The van der Waals surface area contributed by atoms with Gasteiger partial charge in [-0.3, -0.25) is 14.5 Å². The molecule has 19 nitrogen and oxygen atoms in total. The molecular formula is C37H51N7O12. The van der Waals surface area contributed by atoms with Crippen molar-refractivity contribution in [3.63, 3.8) is 0 Å². The van der Waals surface area contributed by atoms with E-state index in [1.165, 1.54) is 61.3 Å². The molecule has 2 amide bonds. The molecule has 0 aromatic carbocycles. The van der Waals surface area contributed by atoms with Gasteiger partial charge in [0, 0.05) is 57.0 Å². The molecule has 0 fully saturated rings. The number of carboxylic acid groups (broad SMARTS) is 1. The van der Waals surface area contributed by atoms with Crippen molar-refractivity contribution in [3.8, 4) is 0 Å². The molecule has 0 saturated heterocycles. The summed E-state index contributed by atoms with van der Waals surface area (Å²) in [5, 5.41) is 8.64. The van der Waals surface area contributed by atoms with Crippen molar-refractivity contribution in [2.24, 2.45) is 10.7 Å². The van der Waals surface area contributed by atoms with Crippen molar-refractivity contribution in [1.82, 2.24) is 24.8 Å². The zero-order valence-corrected chi connectivity index (χ0v) is 33.1. The predicted molar refractivity (Wildman–Crippen MR) is 203 cm³/mol. The van der Waals surface area contributed by atoms with Crippen LogP contribution in [0.1, 0.15) is 97.2 Å². The van der Waals surface area contributed by atoms with Gasteiger partial charge in [0.05, 0.1) is 31.7 Å². The summed E-state index contributed by atoms with van der Waals surface area (Å²) in [6.45, 7) is 11.1. The van der Waals surface area contributed by atoms with Crippen molar-refractivity contribution in [1.29, 1.82) is 0 Å². The number of esters is 3. The second-order valence-corrected chi connectivity index (χ2v) is 10.8. The van der Waals surface area contributed by atoms with Gasteiger partial charge < -0.3 is 39.4 Å². The molecule has 3 rings (SSSR count). The molecule has 3 aromatic heterocycles. The van der Waals surface area contributed by atoms with Crippen molar-refractivity contribution in [2.75, 3.05) is 61.2 Å². The monoisotopic (exact) mass is 785 g/mol. The maximum atomic E-state index is 11.7. The van der Waals surface area contributed by atoms with Gasteiger partial charge in [-0.2, -0.15) is 4.99 Å². The summed E-state index contributed by atoms with van der Waals surface area (Å²) in [7, 11) is 7.37. The topological polar surface area (TPSA) is 252 Å². The largest absolute Gasteiger partial charge is 0.478 e.